The third-order valence-corrected chi connectivity index (χ3v) is 4.50. The molecule has 0 aliphatic carbocycles. The van der Waals surface area contributed by atoms with E-state index in [0.29, 0.717) is 22.6 Å². The number of para-hydroxylation sites is 2. The highest BCUT2D eigenvalue weighted by molar-refractivity contribution is 6.10. The van der Waals surface area contributed by atoms with Crippen molar-refractivity contribution in [2.45, 2.75) is 12.5 Å². The zero-order chi connectivity index (χ0) is 20.4. The molecule has 148 valence electrons. The summed E-state index contributed by atoms with van der Waals surface area (Å²) in [5.74, 6) is -2.06. The summed E-state index contributed by atoms with van der Waals surface area (Å²) >= 11 is 0. The molecule has 4 rings (SSSR count). The lowest BCUT2D eigenvalue weighted by molar-refractivity contribution is -0.158. The second-order valence-electron chi connectivity index (χ2n) is 6.50. The van der Waals surface area contributed by atoms with Crippen LogP contribution in [0.15, 0.2) is 53.7 Å². The number of ether oxygens (including phenoxy) is 1. The van der Waals surface area contributed by atoms with Crippen LogP contribution in [-0.2, 0) is 24.0 Å². The molecule has 0 aromatic heterocycles. The highest BCUT2D eigenvalue weighted by Crippen LogP contribution is 2.29. The van der Waals surface area contributed by atoms with Crippen LogP contribution in [0.1, 0.15) is 12.0 Å². The lowest BCUT2D eigenvalue weighted by atomic mass is 10.1. The van der Waals surface area contributed by atoms with Gasteiger partial charge in [-0.05, 0) is 24.3 Å². The van der Waals surface area contributed by atoms with E-state index in [1.165, 1.54) is 23.1 Å². The Hall–Kier alpha value is -3.75. The minimum Gasteiger partial charge on any atom is -0.453 e. The molecule has 2 heterocycles. The van der Waals surface area contributed by atoms with Crippen LogP contribution in [-0.4, -0.2) is 42.8 Å². The van der Waals surface area contributed by atoms with Gasteiger partial charge in [0.1, 0.15) is 12.4 Å². The van der Waals surface area contributed by atoms with Gasteiger partial charge in [-0.25, -0.2) is 9.18 Å². The van der Waals surface area contributed by atoms with Gasteiger partial charge in [0.2, 0.25) is 12.0 Å². The first-order valence-corrected chi connectivity index (χ1v) is 8.86. The molecule has 0 saturated carbocycles. The average molecular weight is 397 g/mol. The van der Waals surface area contributed by atoms with Gasteiger partial charge in [-0.15, -0.1) is 0 Å². The lowest BCUT2D eigenvalue weighted by Crippen LogP contribution is -2.44. The van der Waals surface area contributed by atoms with E-state index in [2.05, 4.69) is 10.5 Å². The van der Waals surface area contributed by atoms with Crippen molar-refractivity contribution in [2.24, 2.45) is 5.16 Å². The molecule has 1 unspecified atom stereocenters. The zero-order valence-corrected chi connectivity index (χ0v) is 15.1. The molecule has 1 N–H and O–H groups in total. The number of anilines is 2. The first-order chi connectivity index (χ1) is 14.0. The highest BCUT2D eigenvalue weighted by Gasteiger charge is 2.32. The number of rotatable bonds is 4. The first-order valence-electron chi connectivity index (χ1n) is 8.86. The molecule has 0 radical (unpaired) electrons. The summed E-state index contributed by atoms with van der Waals surface area (Å²) in [4.78, 5) is 42.9. The molecule has 2 aromatic carbocycles. The smallest absolute Gasteiger partial charge is 0.351 e. The fourth-order valence-corrected chi connectivity index (χ4v) is 3.10. The Bertz CT molecular complexity index is 1020. The summed E-state index contributed by atoms with van der Waals surface area (Å²) < 4.78 is 18.4. The summed E-state index contributed by atoms with van der Waals surface area (Å²) in [6.45, 7) is -0.713. The largest absolute Gasteiger partial charge is 0.453 e. The van der Waals surface area contributed by atoms with Crippen LogP contribution in [0.2, 0.25) is 0 Å². The number of amides is 2. The van der Waals surface area contributed by atoms with Gasteiger partial charge in [0.15, 0.2) is 6.61 Å². The van der Waals surface area contributed by atoms with Crippen LogP contribution in [0, 0.1) is 5.82 Å². The van der Waals surface area contributed by atoms with Crippen LogP contribution < -0.4 is 10.2 Å². The van der Waals surface area contributed by atoms with Gasteiger partial charge < -0.3 is 14.9 Å². The number of halogens is 1. The molecule has 2 aromatic rings. The summed E-state index contributed by atoms with van der Waals surface area (Å²) in [5.41, 5.74) is 1.96. The fourth-order valence-electron chi connectivity index (χ4n) is 3.10. The summed E-state index contributed by atoms with van der Waals surface area (Å²) in [5, 5.41) is 6.48. The maximum atomic E-state index is 13.3. The molecule has 0 saturated heterocycles. The van der Waals surface area contributed by atoms with Crippen molar-refractivity contribution in [2.75, 3.05) is 23.4 Å². The van der Waals surface area contributed by atoms with E-state index in [0.717, 1.165) is 0 Å². The lowest BCUT2D eigenvalue weighted by Gasteiger charge is -2.28. The average Bonchev–Trinajstić information content (AvgIpc) is 3.21. The second kappa shape index (κ2) is 7.70. The molecule has 9 heteroatoms. The van der Waals surface area contributed by atoms with Crippen LogP contribution in [0.5, 0.6) is 0 Å². The number of nitrogens with zero attached hydrogens (tertiary/aromatic N) is 2. The quantitative estimate of drug-likeness (QED) is 0.794. The highest BCUT2D eigenvalue weighted by atomic mass is 19.1. The molecular weight excluding hydrogens is 381 g/mol. The Morgan fingerprint density at radius 2 is 2.07 bits per heavy atom. The molecule has 2 amide bonds. The van der Waals surface area contributed by atoms with E-state index in [4.69, 9.17) is 9.57 Å². The second-order valence-corrected chi connectivity index (χ2v) is 6.50. The number of carbonyl (C=O) groups is 3. The van der Waals surface area contributed by atoms with Crippen LogP contribution in [0.4, 0.5) is 15.8 Å². The Labute approximate surface area is 164 Å². The van der Waals surface area contributed by atoms with Crippen molar-refractivity contribution in [1.29, 1.82) is 0 Å². The van der Waals surface area contributed by atoms with Crippen molar-refractivity contribution in [3.8, 4) is 0 Å². The van der Waals surface area contributed by atoms with Gasteiger partial charge in [0.25, 0.3) is 5.91 Å². The third kappa shape index (κ3) is 3.93. The van der Waals surface area contributed by atoms with Crippen molar-refractivity contribution in [3.63, 3.8) is 0 Å². The zero-order valence-electron chi connectivity index (χ0n) is 15.1. The summed E-state index contributed by atoms with van der Waals surface area (Å²) in [6.07, 6.45) is -0.913. The SMILES string of the molecule is O=C1CN(C(=O)COC(=O)C2CC(c3cccc(F)c3)=NO2)c2ccccc2N1. The van der Waals surface area contributed by atoms with Gasteiger partial charge in [0, 0.05) is 12.0 Å². The van der Waals surface area contributed by atoms with E-state index in [1.807, 2.05) is 0 Å². The molecule has 0 bridgehead atoms. The number of carbonyl (C=O) groups excluding carboxylic acids is 3. The molecule has 0 fully saturated rings. The number of benzene rings is 2. The van der Waals surface area contributed by atoms with Gasteiger partial charge in [-0.1, -0.05) is 29.4 Å². The monoisotopic (exact) mass is 397 g/mol. The number of hydrogen-bond donors (Lipinski definition) is 1. The van der Waals surface area contributed by atoms with E-state index in [1.54, 1.807) is 30.3 Å². The van der Waals surface area contributed by atoms with Crippen LogP contribution in [0.25, 0.3) is 0 Å². The van der Waals surface area contributed by atoms with Crippen LogP contribution in [0.3, 0.4) is 0 Å². The number of oxime groups is 1. The van der Waals surface area contributed by atoms with Crippen molar-refractivity contribution >= 4 is 34.9 Å². The van der Waals surface area contributed by atoms with Gasteiger partial charge >= 0.3 is 5.97 Å². The Balaban J connectivity index is 1.35. The minimum atomic E-state index is -1.02. The molecule has 8 nitrogen and oxygen atoms in total. The third-order valence-electron chi connectivity index (χ3n) is 4.50. The normalized spacial score (nSPS) is 17.7. The van der Waals surface area contributed by atoms with E-state index in [-0.39, 0.29) is 18.9 Å². The number of nitrogens with one attached hydrogen (secondary N) is 1. The molecule has 2 aliphatic rings. The topological polar surface area (TPSA) is 97.3 Å². The van der Waals surface area contributed by atoms with E-state index < -0.39 is 30.4 Å². The van der Waals surface area contributed by atoms with Crippen molar-refractivity contribution in [1.82, 2.24) is 0 Å². The standard InChI is InChI=1S/C20H16FN3O5/c21-13-5-3-4-12(8-13)15-9-17(29-23-15)20(27)28-11-19(26)24-10-18(25)22-14-6-1-2-7-16(14)24/h1-8,17H,9-11H2,(H,22,25). The number of hydrogen-bond acceptors (Lipinski definition) is 6. The van der Waals surface area contributed by atoms with Crippen molar-refractivity contribution < 1.29 is 28.3 Å². The fraction of sp³-hybridized carbons (Fsp3) is 0.200. The van der Waals surface area contributed by atoms with Crippen molar-refractivity contribution in [3.05, 3.63) is 59.9 Å². The molecule has 1 atom stereocenters. The van der Waals surface area contributed by atoms with E-state index in [9.17, 15) is 18.8 Å². The van der Waals surface area contributed by atoms with E-state index >= 15 is 0 Å². The van der Waals surface area contributed by atoms with Gasteiger partial charge in [-0.3, -0.25) is 14.5 Å². The minimum absolute atomic E-state index is 0.103. The molecule has 0 spiro atoms. The first kappa shape index (κ1) is 18.6. The number of esters is 1. The molecular formula is C20H16FN3O5. The van der Waals surface area contributed by atoms with Crippen LogP contribution >= 0.6 is 0 Å². The number of fused-ring (bicyclic) bond motifs is 1. The maximum Gasteiger partial charge on any atom is 0.351 e. The Kier molecular flexibility index (Phi) is 4.94. The maximum absolute atomic E-state index is 13.3. The molecule has 29 heavy (non-hydrogen) atoms. The predicted molar refractivity (Wildman–Crippen MR) is 101 cm³/mol. The summed E-state index contributed by atoms with van der Waals surface area (Å²) in [7, 11) is 0. The van der Waals surface area contributed by atoms with Gasteiger partial charge in [0.05, 0.1) is 17.1 Å². The molecule has 2 aliphatic heterocycles. The van der Waals surface area contributed by atoms with Gasteiger partial charge in [-0.2, -0.15) is 0 Å². The Morgan fingerprint density at radius 1 is 1.24 bits per heavy atom. The predicted octanol–water partition coefficient (Wildman–Crippen LogP) is 1.85. The summed E-state index contributed by atoms with van der Waals surface area (Å²) in [6, 6.07) is 12.6. The Morgan fingerprint density at radius 3 is 2.90 bits per heavy atom.